The van der Waals surface area contributed by atoms with E-state index in [1.807, 2.05) is 6.92 Å². The van der Waals surface area contributed by atoms with Crippen molar-refractivity contribution >= 4 is 50.6 Å². The third-order valence-electron chi connectivity index (χ3n) is 5.44. The van der Waals surface area contributed by atoms with E-state index in [9.17, 15) is 17.6 Å². The maximum atomic E-state index is 14.1. The number of halogens is 2. The van der Waals surface area contributed by atoms with E-state index in [0.29, 0.717) is 41.5 Å². The van der Waals surface area contributed by atoms with Crippen molar-refractivity contribution in [2.24, 2.45) is 0 Å². The van der Waals surface area contributed by atoms with E-state index in [4.69, 9.17) is 11.6 Å². The number of fused-ring (bicyclic) bond motifs is 1. The monoisotopic (exact) mass is 531 g/mol. The maximum Gasteiger partial charge on any atom is 0.264 e. The van der Waals surface area contributed by atoms with Crippen molar-refractivity contribution < 1.29 is 17.6 Å². The Morgan fingerprint density at radius 1 is 1.17 bits per heavy atom. The number of hydrogen-bond donors (Lipinski definition) is 3. The van der Waals surface area contributed by atoms with Crippen LogP contribution in [0.15, 0.2) is 41.3 Å². The second kappa shape index (κ2) is 10.1. The second-order valence-electron chi connectivity index (χ2n) is 8.15. The SMILES string of the molecule is Cc1cc(NS(=O)(=O)c2cc(Cl)ccc2F)ccc1-c1nc(NCCN(C)C=O)c2c(C)n[nH]c2n1. The number of nitrogens with zero attached hydrogens (tertiary/aromatic N) is 4. The molecule has 4 rings (SSSR count). The molecular formula is C23H23ClFN7O3S. The highest BCUT2D eigenvalue weighted by atomic mass is 35.5. The average Bonchev–Trinajstić information content (AvgIpc) is 3.21. The molecule has 4 aromatic rings. The molecule has 0 fully saturated rings. The van der Waals surface area contributed by atoms with Crippen molar-refractivity contribution in [1.82, 2.24) is 25.1 Å². The molecule has 13 heteroatoms. The third kappa shape index (κ3) is 5.24. The van der Waals surface area contributed by atoms with Gasteiger partial charge in [0.25, 0.3) is 10.0 Å². The number of rotatable bonds is 9. The molecule has 10 nitrogen and oxygen atoms in total. The van der Waals surface area contributed by atoms with Gasteiger partial charge in [0.15, 0.2) is 11.5 Å². The summed E-state index contributed by atoms with van der Waals surface area (Å²) < 4.78 is 42.0. The molecule has 0 bridgehead atoms. The highest BCUT2D eigenvalue weighted by molar-refractivity contribution is 7.92. The minimum absolute atomic E-state index is 0.104. The van der Waals surface area contributed by atoms with Crippen LogP contribution in [-0.4, -0.2) is 60.0 Å². The number of H-pyrrole nitrogens is 1. The zero-order chi connectivity index (χ0) is 26.0. The Balaban J connectivity index is 1.65. The lowest BCUT2D eigenvalue weighted by Crippen LogP contribution is -2.24. The number of carbonyl (C=O) groups is 1. The first kappa shape index (κ1) is 25.3. The quantitative estimate of drug-likeness (QED) is 0.280. The van der Waals surface area contributed by atoms with Crippen molar-refractivity contribution in [2.75, 3.05) is 30.2 Å². The van der Waals surface area contributed by atoms with Crippen LogP contribution in [0.25, 0.3) is 22.4 Å². The number of likely N-dealkylation sites (N-methyl/N-ethyl adjacent to an activating group) is 1. The summed E-state index contributed by atoms with van der Waals surface area (Å²) in [6, 6.07) is 8.15. The second-order valence-corrected chi connectivity index (χ2v) is 10.2. The molecule has 2 heterocycles. The minimum Gasteiger partial charge on any atom is -0.368 e. The van der Waals surface area contributed by atoms with Crippen molar-refractivity contribution in [3.63, 3.8) is 0 Å². The van der Waals surface area contributed by atoms with Crippen molar-refractivity contribution in [3.8, 4) is 11.4 Å². The number of carbonyl (C=O) groups excluding carboxylic acids is 1. The highest BCUT2D eigenvalue weighted by Crippen LogP contribution is 2.30. The molecule has 0 saturated carbocycles. The molecule has 0 unspecified atom stereocenters. The Hall–Kier alpha value is -3.77. The maximum absolute atomic E-state index is 14.1. The molecule has 0 saturated heterocycles. The first-order valence-electron chi connectivity index (χ1n) is 10.8. The summed E-state index contributed by atoms with van der Waals surface area (Å²) in [7, 11) is -2.53. The van der Waals surface area contributed by atoms with Crippen LogP contribution in [0.3, 0.4) is 0 Å². The predicted molar refractivity (Wildman–Crippen MR) is 136 cm³/mol. The molecule has 0 spiro atoms. The zero-order valence-corrected chi connectivity index (χ0v) is 21.2. The topological polar surface area (TPSA) is 133 Å². The van der Waals surface area contributed by atoms with Crippen LogP contribution >= 0.6 is 11.6 Å². The molecule has 0 aliphatic rings. The molecule has 3 N–H and O–H groups in total. The molecule has 0 radical (unpaired) electrons. The van der Waals surface area contributed by atoms with Gasteiger partial charge in [0, 0.05) is 36.4 Å². The number of amides is 1. The Kier molecular flexibility index (Phi) is 7.09. The van der Waals surface area contributed by atoms with Crippen molar-refractivity contribution in [3.05, 3.63) is 58.5 Å². The van der Waals surface area contributed by atoms with Crippen LogP contribution in [0.2, 0.25) is 5.02 Å². The number of aromatic amines is 1. The predicted octanol–water partition coefficient (Wildman–Crippen LogP) is 3.73. The molecule has 188 valence electrons. The van der Waals surface area contributed by atoms with Crippen LogP contribution in [0.1, 0.15) is 11.3 Å². The largest absolute Gasteiger partial charge is 0.368 e. The summed E-state index contributed by atoms with van der Waals surface area (Å²) in [5, 5.41) is 11.2. The fraction of sp³-hybridized carbons (Fsp3) is 0.217. The van der Waals surface area contributed by atoms with Gasteiger partial charge in [-0.3, -0.25) is 14.6 Å². The number of benzene rings is 2. The number of nitrogens with one attached hydrogen (secondary N) is 3. The summed E-state index contributed by atoms with van der Waals surface area (Å²) in [4.78, 5) is 21.1. The number of hydrogen-bond acceptors (Lipinski definition) is 7. The van der Waals surface area contributed by atoms with E-state index in [0.717, 1.165) is 29.6 Å². The van der Waals surface area contributed by atoms with Gasteiger partial charge in [-0.2, -0.15) is 5.10 Å². The highest BCUT2D eigenvalue weighted by Gasteiger charge is 2.21. The Morgan fingerprint density at radius 2 is 1.94 bits per heavy atom. The van der Waals surface area contributed by atoms with Crippen LogP contribution in [-0.2, 0) is 14.8 Å². The summed E-state index contributed by atoms with van der Waals surface area (Å²) >= 11 is 5.85. The summed E-state index contributed by atoms with van der Waals surface area (Å²) in [5.41, 5.74) is 2.84. The van der Waals surface area contributed by atoms with Crippen LogP contribution < -0.4 is 10.0 Å². The number of sulfonamides is 1. The van der Waals surface area contributed by atoms with Gasteiger partial charge in [-0.25, -0.2) is 22.8 Å². The fourth-order valence-corrected chi connectivity index (χ4v) is 4.99. The van der Waals surface area contributed by atoms with Crippen LogP contribution in [0.4, 0.5) is 15.9 Å². The fourth-order valence-electron chi connectivity index (χ4n) is 3.60. The zero-order valence-electron chi connectivity index (χ0n) is 19.6. The van der Waals surface area contributed by atoms with Gasteiger partial charge >= 0.3 is 0 Å². The van der Waals surface area contributed by atoms with Gasteiger partial charge in [-0.15, -0.1) is 0 Å². The molecule has 2 aromatic heterocycles. The standard InChI is InChI=1S/C23H23ClFN7O3S/c1-13-10-16(31-36(34,35)19-11-15(24)4-7-18(19)25)5-6-17(13)21-27-22(26-8-9-32(3)12-33)20-14(2)29-30-23(20)28-21/h4-7,10-12,31H,8-9H2,1-3H3,(H2,26,27,28,29,30). The molecule has 1 amide bonds. The number of anilines is 2. The molecule has 0 aliphatic heterocycles. The molecule has 36 heavy (non-hydrogen) atoms. The summed E-state index contributed by atoms with van der Waals surface area (Å²) in [5.74, 6) is 0.0440. The van der Waals surface area contributed by atoms with Gasteiger partial charge in [0.05, 0.1) is 11.1 Å². The molecule has 2 aromatic carbocycles. The van der Waals surface area contributed by atoms with E-state index in [-0.39, 0.29) is 10.7 Å². The smallest absolute Gasteiger partial charge is 0.264 e. The Labute approximate surface area is 212 Å². The van der Waals surface area contributed by atoms with E-state index < -0.39 is 20.7 Å². The first-order valence-corrected chi connectivity index (χ1v) is 12.7. The third-order valence-corrected chi connectivity index (χ3v) is 7.07. The van der Waals surface area contributed by atoms with E-state index in [1.165, 1.54) is 11.0 Å². The van der Waals surface area contributed by atoms with Gasteiger partial charge in [0.1, 0.15) is 16.5 Å². The molecular weight excluding hydrogens is 509 g/mol. The lowest BCUT2D eigenvalue weighted by molar-refractivity contribution is -0.116. The number of aryl methyl sites for hydroxylation is 2. The first-order chi connectivity index (χ1) is 17.1. The lowest BCUT2D eigenvalue weighted by Gasteiger charge is -2.14. The molecule has 0 atom stereocenters. The van der Waals surface area contributed by atoms with Crippen molar-refractivity contribution in [2.45, 2.75) is 18.7 Å². The van der Waals surface area contributed by atoms with Gasteiger partial charge in [-0.1, -0.05) is 11.6 Å². The lowest BCUT2D eigenvalue weighted by atomic mass is 10.1. The Morgan fingerprint density at radius 3 is 2.67 bits per heavy atom. The minimum atomic E-state index is -4.21. The van der Waals surface area contributed by atoms with E-state index >= 15 is 0 Å². The van der Waals surface area contributed by atoms with Crippen LogP contribution in [0.5, 0.6) is 0 Å². The van der Waals surface area contributed by atoms with Gasteiger partial charge in [-0.05, 0) is 55.8 Å². The average molecular weight is 532 g/mol. The summed E-state index contributed by atoms with van der Waals surface area (Å²) in [6.45, 7) is 4.55. The Bertz CT molecular complexity index is 1560. The number of aromatic nitrogens is 4. The van der Waals surface area contributed by atoms with Gasteiger partial charge in [0.2, 0.25) is 6.41 Å². The van der Waals surface area contributed by atoms with Crippen molar-refractivity contribution in [1.29, 1.82) is 0 Å². The normalized spacial score (nSPS) is 11.5. The van der Waals surface area contributed by atoms with E-state index in [1.54, 1.807) is 32.2 Å². The van der Waals surface area contributed by atoms with E-state index in [2.05, 4.69) is 30.2 Å². The summed E-state index contributed by atoms with van der Waals surface area (Å²) in [6.07, 6.45) is 0.742. The molecule has 0 aliphatic carbocycles. The van der Waals surface area contributed by atoms with Crippen LogP contribution in [0, 0.1) is 19.7 Å². The van der Waals surface area contributed by atoms with Gasteiger partial charge < -0.3 is 10.2 Å².